The number of nitrogens with zero attached hydrogens (tertiary/aromatic N) is 2. The first-order valence-corrected chi connectivity index (χ1v) is 4.18. The number of aromatic nitrogens is 1. The molecule has 0 saturated carbocycles. The van der Waals surface area contributed by atoms with Gasteiger partial charge in [0.15, 0.2) is 0 Å². The lowest BCUT2D eigenvalue weighted by Gasteiger charge is -2.17. The summed E-state index contributed by atoms with van der Waals surface area (Å²) in [5.41, 5.74) is 6.80. The summed E-state index contributed by atoms with van der Waals surface area (Å²) in [4.78, 5) is 6.12. The Balaban J connectivity index is 2.51. The quantitative estimate of drug-likeness (QED) is 0.672. The van der Waals surface area contributed by atoms with E-state index < -0.39 is 0 Å². The van der Waals surface area contributed by atoms with Gasteiger partial charge in [-0.25, -0.2) is 0 Å². The van der Waals surface area contributed by atoms with Gasteiger partial charge in [-0.3, -0.25) is 9.88 Å². The van der Waals surface area contributed by atoms with Crippen molar-refractivity contribution in [3.8, 4) is 0 Å². The Morgan fingerprint density at radius 2 is 2.08 bits per heavy atom. The van der Waals surface area contributed by atoms with Crippen LogP contribution in [0.3, 0.4) is 0 Å². The zero-order chi connectivity index (χ0) is 8.81. The minimum atomic E-state index is 0.610. The Kier molecular flexibility index (Phi) is 3.70. The molecule has 0 aliphatic heterocycles. The lowest BCUT2D eigenvalue weighted by Crippen LogP contribution is -2.29. The molecule has 0 aliphatic carbocycles. The first-order valence-electron chi connectivity index (χ1n) is 4.18. The van der Waals surface area contributed by atoms with Crippen LogP contribution in [-0.2, 0) is 6.54 Å². The molecule has 1 aromatic heterocycles. The normalized spacial score (nSPS) is 10.6. The van der Waals surface area contributed by atoms with Gasteiger partial charge in [-0.05, 0) is 24.2 Å². The van der Waals surface area contributed by atoms with E-state index in [1.165, 1.54) is 5.56 Å². The van der Waals surface area contributed by atoms with Crippen molar-refractivity contribution >= 4 is 0 Å². The van der Waals surface area contributed by atoms with E-state index in [1.54, 1.807) is 12.4 Å². The molecular weight excluding hydrogens is 150 g/mol. The fourth-order valence-electron chi connectivity index (χ4n) is 1.05. The highest BCUT2D eigenvalue weighted by Crippen LogP contribution is 2.00. The molecule has 1 aromatic rings. The van der Waals surface area contributed by atoms with Gasteiger partial charge in [0.1, 0.15) is 0 Å². The van der Waals surface area contributed by atoms with Crippen molar-refractivity contribution in [3.63, 3.8) is 0 Å². The summed E-state index contributed by atoms with van der Waals surface area (Å²) in [6.45, 7) is 4.61. The summed E-state index contributed by atoms with van der Waals surface area (Å²) in [5.74, 6) is 0. The van der Waals surface area contributed by atoms with Gasteiger partial charge in [0.05, 0.1) is 0 Å². The monoisotopic (exact) mass is 165 g/mol. The Labute approximate surface area is 73.2 Å². The van der Waals surface area contributed by atoms with Gasteiger partial charge in [0.25, 0.3) is 0 Å². The molecule has 66 valence electrons. The van der Waals surface area contributed by atoms with Crippen LogP contribution in [-0.4, -0.2) is 23.1 Å². The molecule has 0 unspecified atom stereocenters. The van der Waals surface area contributed by atoms with E-state index in [9.17, 15) is 0 Å². The van der Waals surface area contributed by atoms with Crippen LogP contribution in [0.4, 0.5) is 0 Å². The number of pyridine rings is 1. The van der Waals surface area contributed by atoms with Crippen LogP contribution in [0.15, 0.2) is 24.5 Å². The summed E-state index contributed by atoms with van der Waals surface area (Å²) in [5, 5.41) is 0. The Morgan fingerprint density at radius 3 is 2.58 bits per heavy atom. The lowest BCUT2D eigenvalue weighted by molar-refractivity contribution is 0.288. The zero-order valence-corrected chi connectivity index (χ0v) is 7.40. The molecule has 2 N–H and O–H groups in total. The second kappa shape index (κ2) is 4.85. The van der Waals surface area contributed by atoms with Gasteiger partial charge in [-0.2, -0.15) is 0 Å². The third-order valence-corrected chi connectivity index (χ3v) is 1.86. The van der Waals surface area contributed by atoms with E-state index >= 15 is 0 Å². The molecule has 0 fully saturated rings. The van der Waals surface area contributed by atoms with Crippen LogP contribution < -0.4 is 5.73 Å². The minimum Gasteiger partial charge on any atom is -0.318 e. The van der Waals surface area contributed by atoms with Gasteiger partial charge in [-0.1, -0.05) is 6.92 Å². The molecular formula is C9H15N3. The van der Waals surface area contributed by atoms with Crippen LogP contribution in [0, 0.1) is 0 Å². The van der Waals surface area contributed by atoms with E-state index in [0.29, 0.717) is 6.67 Å². The van der Waals surface area contributed by atoms with Gasteiger partial charge in [0.2, 0.25) is 0 Å². The summed E-state index contributed by atoms with van der Waals surface area (Å²) < 4.78 is 0. The van der Waals surface area contributed by atoms with E-state index in [2.05, 4.69) is 16.8 Å². The maximum absolute atomic E-state index is 5.54. The fraction of sp³-hybridized carbons (Fsp3) is 0.444. The van der Waals surface area contributed by atoms with E-state index in [4.69, 9.17) is 5.73 Å². The Bertz CT molecular complexity index is 206. The number of rotatable bonds is 4. The second-order valence-electron chi connectivity index (χ2n) is 2.68. The van der Waals surface area contributed by atoms with Crippen LogP contribution >= 0.6 is 0 Å². The molecule has 0 aromatic carbocycles. The molecule has 3 nitrogen and oxygen atoms in total. The first kappa shape index (κ1) is 9.16. The van der Waals surface area contributed by atoms with Crippen molar-refractivity contribution in [2.45, 2.75) is 13.5 Å². The summed E-state index contributed by atoms with van der Waals surface area (Å²) in [6, 6.07) is 4.02. The molecule has 12 heavy (non-hydrogen) atoms. The maximum Gasteiger partial charge on any atom is 0.0458 e. The van der Waals surface area contributed by atoms with Crippen molar-refractivity contribution in [2.24, 2.45) is 5.73 Å². The number of hydrogen-bond donors (Lipinski definition) is 1. The second-order valence-corrected chi connectivity index (χ2v) is 2.68. The average Bonchev–Trinajstić information content (AvgIpc) is 2.16. The molecule has 3 heteroatoms. The molecule has 0 aliphatic rings. The van der Waals surface area contributed by atoms with Crippen molar-refractivity contribution in [2.75, 3.05) is 13.2 Å². The molecule has 0 spiro atoms. The van der Waals surface area contributed by atoms with Crippen LogP contribution in [0.5, 0.6) is 0 Å². The lowest BCUT2D eigenvalue weighted by atomic mass is 10.2. The summed E-state index contributed by atoms with van der Waals surface area (Å²) in [7, 11) is 0. The summed E-state index contributed by atoms with van der Waals surface area (Å²) in [6.07, 6.45) is 3.61. The van der Waals surface area contributed by atoms with Gasteiger partial charge >= 0.3 is 0 Å². The van der Waals surface area contributed by atoms with Gasteiger partial charge in [-0.15, -0.1) is 0 Å². The molecule has 0 amide bonds. The zero-order valence-electron chi connectivity index (χ0n) is 7.40. The average molecular weight is 165 g/mol. The molecule has 0 saturated heterocycles. The van der Waals surface area contributed by atoms with Crippen LogP contribution in [0.2, 0.25) is 0 Å². The van der Waals surface area contributed by atoms with Gasteiger partial charge in [0, 0.05) is 25.6 Å². The van der Waals surface area contributed by atoms with E-state index in [0.717, 1.165) is 13.1 Å². The smallest absolute Gasteiger partial charge is 0.0458 e. The number of nitrogens with two attached hydrogens (primary N) is 1. The molecule has 0 bridgehead atoms. The highest BCUT2D eigenvalue weighted by molar-refractivity contribution is 5.09. The van der Waals surface area contributed by atoms with Crippen molar-refractivity contribution < 1.29 is 0 Å². The topological polar surface area (TPSA) is 42.1 Å². The summed E-state index contributed by atoms with van der Waals surface area (Å²) >= 11 is 0. The maximum atomic E-state index is 5.54. The third-order valence-electron chi connectivity index (χ3n) is 1.86. The Morgan fingerprint density at radius 1 is 1.42 bits per heavy atom. The van der Waals surface area contributed by atoms with Crippen molar-refractivity contribution in [1.82, 2.24) is 9.88 Å². The third kappa shape index (κ3) is 2.60. The van der Waals surface area contributed by atoms with E-state index in [1.807, 2.05) is 12.1 Å². The molecule has 1 rings (SSSR count). The highest BCUT2D eigenvalue weighted by Gasteiger charge is 1.99. The Hall–Kier alpha value is -0.930. The predicted molar refractivity (Wildman–Crippen MR) is 49.4 cm³/mol. The number of hydrogen-bond acceptors (Lipinski definition) is 3. The molecule has 0 atom stereocenters. The van der Waals surface area contributed by atoms with Crippen molar-refractivity contribution in [3.05, 3.63) is 30.1 Å². The predicted octanol–water partition coefficient (Wildman–Crippen LogP) is 0.820. The largest absolute Gasteiger partial charge is 0.318 e. The van der Waals surface area contributed by atoms with E-state index in [-0.39, 0.29) is 0 Å². The van der Waals surface area contributed by atoms with Gasteiger partial charge < -0.3 is 5.73 Å². The highest BCUT2D eigenvalue weighted by atomic mass is 15.2. The van der Waals surface area contributed by atoms with Crippen molar-refractivity contribution in [1.29, 1.82) is 0 Å². The molecule has 0 radical (unpaired) electrons. The standard InChI is InChI=1S/C9H15N3/c1-2-12(8-10)7-9-3-5-11-6-4-9/h3-6H,2,7-8,10H2,1H3. The molecule has 1 heterocycles. The fourth-order valence-corrected chi connectivity index (χ4v) is 1.05. The van der Waals surface area contributed by atoms with Crippen LogP contribution in [0.25, 0.3) is 0 Å². The minimum absolute atomic E-state index is 0.610. The SMILES string of the molecule is CCN(CN)Cc1ccncc1. The first-order chi connectivity index (χ1) is 5.86. The van der Waals surface area contributed by atoms with Crippen LogP contribution in [0.1, 0.15) is 12.5 Å².